The van der Waals surface area contributed by atoms with Gasteiger partial charge < -0.3 is 5.73 Å². The molecule has 2 heterocycles. The van der Waals surface area contributed by atoms with Crippen LogP contribution in [0.15, 0.2) is 29.6 Å². The molecule has 0 amide bonds. The number of nitrogens with two attached hydrogens (primary N) is 1. The lowest BCUT2D eigenvalue weighted by molar-refractivity contribution is 0.277. The monoisotopic (exact) mass is 315 g/mol. The Labute approximate surface area is 137 Å². The minimum absolute atomic E-state index is 0.665. The minimum atomic E-state index is 0.665. The van der Waals surface area contributed by atoms with Crippen molar-refractivity contribution in [3.05, 3.63) is 40.9 Å². The summed E-state index contributed by atoms with van der Waals surface area (Å²) in [7, 11) is 0. The Kier molecular flexibility index (Phi) is 5.59. The normalized spacial score (nSPS) is 16.6. The third kappa shape index (κ3) is 4.15. The molecule has 1 saturated heterocycles. The van der Waals surface area contributed by atoms with Crippen LogP contribution in [0.5, 0.6) is 0 Å². The Morgan fingerprint density at radius 2 is 1.77 bits per heavy atom. The van der Waals surface area contributed by atoms with Crippen LogP contribution in [0.3, 0.4) is 0 Å². The molecule has 2 N–H and O–H groups in total. The molecule has 1 fully saturated rings. The van der Waals surface area contributed by atoms with E-state index < -0.39 is 0 Å². The van der Waals surface area contributed by atoms with Crippen LogP contribution in [-0.4, -0.2) is 29.5 Å². The zero-order valence-corrected chi connectivity index (χ0v) is 13.9. The lowest BCUT2D eigenvalue weighted by Gasteiger charge is -2.19. The first-order valence-corrected chi connectivity index (χ1v) is 9.19. The summed E-state index contributed by atoms with van der Waals surface area (Å²) in [6.07, 6.45) is 6.35. The fourth-order valence-corrected chi connectivity index (χ4v) is 3.87. The number of benzene rings is 1. The van der Waals surface area contributed by atoms with Gasteiger partial charge in [-0.1, -0.05) is 37.1 Å². The number of thiazole rings is 1. The molecule has 1 aromatic carbocycles. The Balaban J connectivity index is 1.63. The molecule has 0 bridgehead atoms. The fraction of sp³-hybridized carbons (Fsp3) is 0.500. The van der Waals surface area contributed by atoms with Crippen molar-refractivity contribution in [2.45, 2.75) is 38.6 Å². The molecule has 3 rings (SSSR count). The standard InChI is InChI=1S/C18H25N3S/c19-10-9-17-14-22-18(20-17)16-7-5-15(6-8-16)13-21-11-3-1-2-4-12-21/h5-8,14H,1-4,9-13,19H2. The molecule has 1 aromatic heterocycles. The molecule has 22 heavy (non-hydrogen) atoms. The van der Waals surface area contributed by atoms with Crippen molar-refractivity contribution in [2.24, 2.45) is 5.73 Å². The number of likely N-dealkylation sites (tertiary alicyclic amines) is 1. The molecular weight excluding hydrogens is 290 g/mol. The molecule has 0 atom stereocenters. The minimum Gasteiger partial charge on any atom is -0.330 e. The summed E-state index contributed by atoms with van der Waals surface area (Å²) in [5.74, 6) is 0. The maximum atomic E-state index is 5.59. The van der Waals surface area contributed by atoms with Gasteiger partial charge in [0.25, 0.3) is 0 Å². The van der Waals surface area contributed by atoms with Gasteiger partial charge in [0.1, 0.15) is 5.01 Å². The molecule has 118 valence electrons. The summed E-state index contributed by atoms with van der Waals surface area (Å²) < 4.78 is 0. The lowest BCUT2D eigenvalue weighted by atomic mass is 10.1. The van der Waals surface area contributed by atoms with Crippen molar-refractivity contribution in [2.75, 3.05) is 19.6 Å². The maximum Gasteiger partial charge on any atom is 0.123 e. The molecule has 2 aromatic rings. The third-order valence-electron chi connectivity index (χ3n) is 4.26. The SMILES string of the molecule is NCCc1csc(-c2ccc(CN3CCCCCC3)cc2)n1. The van der Waals surface area contributed by atoms with Gasteiger partial charge in [0.15, 0.2) is 0 Å². The highest BCUT2D eigenvalue weighted by Crippen LogP contribution is 2.24. The summed E-state index contributed by atoms with van der Waals surface area (Å²) >= 11 is 1.71. The van der Waals surface area contributed by atoms with Crippen LogP contribution in [-0.2, 0) is 13.0 Å². The number of rotatable bonds is 5. The maximum absolute atomic E-state index is 5.59. The van der Waals surface area contributed by atoms with Crippen LogP contribution < -0.4 is 5.73 Å². The van der Waals surface area contributed by atoms with E-state index in [2.05, 4.69) is 39.5 Å². The highest BCUT2D eigenvalue weighted by molar-refractivity contribution is 7.13. The van der Waals surface area contributed by atoms with E-state index in [-0.39, 0.29) is 0 Å². The van der Waals surface area contributed by atoms with Crippen molar-refractivity contribution in [1.29, 1.82) is 0 Å². The van der Waals surface area contributed by atoms with Crippen molar-refractivity contribution >= 4 is 11.3 Å². The summed E-state index contributed by atoms with van der Waals surface area (Å²) in [4.78, 5) is 7.24. The largest absolute Gasteiger partial charge is 0.330 e. The average molecular weight is 315 g/mol. The first-order chi connectivity index (χ1) is 10.8. The van der Waals surface area contributed by atoms with Crippen molar-refractivity contribution in [3.63, 3.8) is 0 Å². The zero-order chi connectivity index (χ0) is 15.2. The van der Waals surface area contributed by atoms with E-state index in [1.165, 1.54) is 49.9 Å². The van der Waals surface area contributed by atoms with Crippen LogP contribution >= 0.6 is 11.3 Å². The molecule has 0 saturated carbocycles. The van der Waals surface area contributed by atoms with Gasteiger partial charge in [-0.25, -0.2) is 4.98 Å². The van der Waals surface area contributed by atoms with Gasteiger partial charge in [-0.15, -0.1) is 11.3 Å². The molecule has 0 radical (unpaired) electrons. The third-order valence-corrected chi connectivity index (χ3v) is 5.20. The predicted octanol–water partition coefficient (Wildman–Crippen LogP) is 3.69. The van der Waals surface area contributed by atoms with Crippen LogP contribution in [0.1, 0.15) is 36.9 Å². The molecule has 0 unspecified atom stereocenters. The lowest BCUT2D eigenvalue weighted by Crippen LogP contribution is -2.23. The number of hydrogen-bond acceptors (Lipinski definition) is 4. The Morgan fingerprint density at radius 1 is 1.05 bits per heavy atom. The average Bonchev–Trinajstić information content (AvgIpc) is 2.85. The molecular formula is C18H25N3S. The fourth-order valence-electron chi connectivity index (χ4n) is 3.01. The van der Waals surface area contributed by atoms with Gasteiger partial charge in [-0.05, 0) is 38.0 Å². The van der Waals surface area contributed by atoms with E-state index in [0.29, 0.717) is 6.54 Å². The van der Waals surface area contributed by atoms with E-state index in [0.717, 1.165) is 23.7 Å². The second kappa shape index (κ2) is 7.86. The quantitative estimate of drug-likeness (QED) is 0.915. The second-order valence-corrected chi connectivity index (χ2v) is 6.93. The molecule has 3 nitrogen and oxygen atoms in total. The predicted molar refractivity (Wildman–Crippen MR) is 94.1 cm³/mol. The van der Waals surface area contributed by atoms with E-state index in [1.54, 1.807) is 11.3 Å². The Morgan fingerprint density at radius 3 is 2.45 bits per heavy atom. The summed E-state index contributed by atoms with van der Waals surface area (Å²) in [5.41, 5.74) is 9.32. The molecule has 4 heteroatoms. The smallest absolute Gasteiger partial charge is 0.123 e. The van der Waals surface area contributed by atoms with Crippen LogP contribution in [0.25, 0.3) is 10.6 Å². The summed E-state index contributed by atoms with van der Waals surface area (Å²) in [5, 5.41) is 3.22. The van der Waals surface area contributed by atoms with Crippen molar-refractivity contribution in [3.8, 4) is 10.6 Å². The summed E-state index contributed by atoms with van der Waals surface area (Å²) in [6.45, 7) is 4.24. The van der Waals surface area contributed by atoms with Gasteiger partial charge in [0, 0.05) is 23.9 Å². The van der Waals surface area contributed by atoms with Gasteiger partial charge in [-0.2, -0.15) is 0 Å². The topological polar surface area (TPSA) is 42.1 Å². The van der Waals surface area contributed by atoms with Gasteiger partial charge in [0.05, 0.1) is 5.69 Å². The van der Waals surface area contributed by atoms with E-state index in [9.17, 15) is 0 Å². The van der Waals surface area contributed by atoms with Gasteiger partial charge >= 0.3 is 0 Å². The number of nitrogens with zero attached hydrogens (tertiary/aromatic N) is 2. The van der Waals surface area contributed by atoms with E-state index in [1.807, 2.05) is 0 Å². The van der Waals surface area contributed by atoms with E-state index >= 15 is 0 Å². The summed E-state index contributed by atoms with van der Waals surface area (Å²) in [6, 6.07) is 8.92. The zero-order valence-electron chi connectivity index (χ0n) is 13.1. The second-order valence-electron chi connectivity index (χ2n) is 6.07. The van der Waals surface area contributed by atoms with Gasteiger partial charge in [-0.3, -0.25) is 4.90 Å². The number of hydrogen-bond donors (Lipinski definition) is 1. The Hall–Kier alpha value is -1.23. The number of aromatic nitrogens is 1. The van der Waals surface area contributed by atoms with Crippen molar-refractivity contribution < 1.29 is 0 Å². The molecule has 0 aliphatic carbocycles. The van der Waals surface area contributed by atoms with Crippen molar-refractivity contribution in [1.82, 2.24) is 9.88 Å². The highest BCUT2D eigenvalue weighted by Gasteiger charge is 2.10. The first kappa shape index (κ1) is 15.7. The molecule has 1 aliphatic heterocycles. The Bertz CT molecular complexity index is 568. The highest BCUT2D eigenvalue weighted by atomic mass is 32.1. The van der Waals surface area contributed by atoms with Crippen LogP contribution in [0.2, 0.25) is 0 Å². The van der Waals surface area contributed by atoms with Gasteiger partial charge in [0.2, 0.25) is 0 Å². The molecule has 0 spiro atoms. The van der Waals surface area contributed by atoms with Crippen LogP contribution in [0, 0.1) is 0 Å². The first-order valence-electron chi connectivity index (χ1n) is 8.31. The van der Waals surface area contributed by atoms with Crippen LogP contribution in [0.4, 0.5) is 0 Å². The van der Waals surface area contributed by atoms with E-state index in [4.69, 9.17) is 5.73 Å². The molecule has 1 aliphatic rings.